The Morgan fingerprint density at radius 3 is 2.58 bits per heavy atom. The van der Waals surface area contributed by atoms with Gasteiger partial charge in [0.25, 0.3) is 0 Å². The van der Waals surface area contributed by atoms with E-state index in [1.165, 1.54) is 12.1 Å². The van der Waals surface area contributed by atoms with Crippen molar-refractivity contribution in [3.8, 4) is 0 Å². The smallest absolute Gasteiger partial charge is 0.317 e. The summed E-state index contributed by atoms with van der Waals surface area (Å²) >= 11 is 0. The van der Waals surface area contributed by atoms with Crippen molar-refractivity contribution < 1.29 is 18.3 Å². The number of benzene rings is 1. The van der Waals surface area contributed by atoms with Crippen LogP contribution in [0, 0.1) is 40.2 Å². The SMILES string of the molecule is CNC(=O)N1CCO[C@H](C2CCC(C(C)C)/C(=C/C(=N)c3c(F)cccc3F)C2=N)C1. The standard InChI is InChI=1S/C23H30F2N4O2/c1-13(2)14-7-8-15(20-12-29(9-10-31-20)23(30)28-3)22(27)16(14)11-19(26)21-17(24)5-4-6-18(21)25/h4-6,11,13-15,20,26-27H,7-10,12H2,1-3H3,(H,28,30)/b16-11-,26-19?,27-22?/t14?,15?,20-/m0/s1. The Balaban J connectivity index is 1.90. The van der Waals surface area contributed by atoms with E-state index < -0.39 is 11.6 Å². The first kappa shape index (κ1) is 23.1. The molecule has 1 aliphatic heterocycles. The molecule has 0 aromatic heterocycles. The Morgan fingerprint density at radius 1 is 1.29 bits per heavy atom. The van der Waals surface area contributed by atoms with Gasteiger partial charge in [0, 0.05) is 31.8 Å². The molecular formula is C23H30F2N4O2. The highest BCUT2D eigenvalue weighted by atomic mass is 19.1. The fourth-order valence-electron chi connectivity index (χ4n) is 4.57. The molecule has 1 saturated heterocycles. The van der Waals surface area contributed by atoms with Crippen LogP contribution in [0.15, 0.2) is 29.8 Å². The number of nitrogens with one attached hydrogen (secondary N) is 3. The summed E-state index contributed by atoms with van der Waals surface area (Å²) in [7, 11) is 1.58. The predicted octanol–water partition coefficient (Wildman–Crippen LogP) is 4.00. The number of hydrogen-bond donors (Lipinski definition) is 3. The number of rotatable bonds is 4. The highest BCUT2D eigenvalue weighted by molar-refractivity contribution is 6.13. The van der Waals surface area contributed by atoms with Crippen molar-refractivity contribution in [2.75, 3.05) is 26.7 Å². The molecule has 3 atom stereocenters. The van der Waals surface area contributed by atoms with E-state index in [2.05, 4.69) is 5.32 Å². The molecule has 168 valence electrons. The summed E-state index contributed by atoms with van der Waals surface area (Å²) < 4.78 is 34.3. The number of amides is 2. The third-order valence-corrected chi connectivity index (χ3v) is 6.25. The van der Waals surface area contributed by atoms with Gasteiger partial charge in [0.05, 0.1) is 24.0 Å². The molecule has 1 aromatic rings. The Bertz CT molecular complexity index is 879. The summed E-state index contributed by atoms with van der Waals surface area (Å²) in [6.45, 7) is 5.36. The number of carbonyl (C=O) groups is 1. The van der Waals surface area contributed by atoms with E-state index >= 15 is 0 Å². The lowest BCUT2D eigenvalue weighted by molar-refractivity contribution is -0.0344. The molecule has 0 radical (unpaired) electrons. The molecule has 2 aliphatic rings. The second-order valence-electron chi connectivity index (χ2n) is 8.47. The highest BCUT2D eigenvalue weighted by Gasteiger charge is 2.39. The van der Waals surface area contributed by atoms with Crippen LogP contribution < -0.4 is 5.32 Å². The average Bonchev–Trinajstić information content (AvgIpc) is 2.74. The van der Waals surface area contributed by atoms with E-state index in [1.54, 1.807) is 11.9 Å². The fourth-order valence-corrected chi connectivity index (χ4v) is 4.57. The van der Waals surface area contributed by atoms with Crippen molar-refractivity contribution in [2.45, 2.75) is 32.8 Å². The molecule has 1 saturated carbocycles. The number of halogens is 2. The third-order valence-electron chi connectivity index (χ3n) is 6.25. The molecule has 6 nitrogen and oxygen atoms in total. The molecule has 2 unspecified atom stereocenters. The first-order chi connectivity index (χ1) is 14.7. The van der Waals surface area contributed by atoms with Crippen molar-refractivity contribution in [1.82, 2.24) is 10.2 Å². The summed E-state index contributed by atoms with van der Waals surface area (Å²) in [5.41, 5.74) is 0.292. The summed E-state index contributed by atoms with van der Waals surface area (Å²) in [5.74, 6) is -1.61. The minimum absolute atomic E-state index is 0.0116. The highest BCUT2D eigenvalue weighted by Crippen LogP contribution is 2.38. The van der Waals surface area contributed by atoms with Gasteiger partial charge in [-0.15, -0.1) is 0 Å². The van der Waals surface area contributed by atoms with E-state index in [4.69, 9.17) is 15.6 Å². The van der Waals surface area contributed by atoms with E-state index in [0.717, 1.165) is 25.0 Å². The van der Waals surface area contributed by atoms with Gasteiger partial charge in [0.15, 0.2) is 0 Å². The largest absolute Gasteiger partial charge is 0.374 e. The quantitative estimate of drug-likeness (QED) is 0.628. The monoisotopic (exact) mass is 432 g/mol. The van der Waals surface area contributed by atoms with Crippen LogP contribution in [-0.4, -0.2) is 55.2 Å². The van der Waals surface area contributed by atoms with Crippen LogP contribution in [-0.2, 0) is 4.74 Å². The Kier molecular flexibility index (Phi) is 7.20. The van der Waals surface area contributed by atoms with Gasteiger partial charge >= 0.3 is 6.03 Å². The molecule has 1 aromatic carbocycles. The zero-order valence-corrected chi connectivity index (χ0v) is 18.2. The van der Waals surface area contributed by atoms with Crippen LogP contribution in [0.25, 0.3) is 0 Å². The number of carbonyl (C=O) groups excluding carboxylic acids is 1. The molecule has 1 aliphatic carbocycles. The van der Waals surface area contributed by atoms with Crippen molar-refractivity contribution in [3.63, 3.8) is 0 Å². The zero-order valence-electron chi connectivity index (χ0n) is 18.2. The summed E-state index contributed by atoms with van der Waals surface area (Å²) in [5, 5.41) is 19.9. The summed E-state index contributed by atoms with van der Waals surface area (Å²) in [6.07, 6.45) is 2.63. The molecule has 31 heavy (non-hydrogen) atoms. The van der Waals surface area contributed by atoms with Crippen molar-refractivity contribution >= 4 is 17.5 Å². The van der Waals surface area contributed by atoms with E-state index in [1.807, 2.05) is 13.8 Å². The lowest BCUT2D eigenvalue weighted by Gasteiger charge is -2.41. The number of hydrogen-bond acceptors (Lipinski definition) is 4. The molecule has 3 N–H and O–H groups in total. The van der Waals surface area contributed by atoms with Gasteiger partial charge in [-0.05, 0) is 48.5 Å². The molecule has 1 heterocycles. The average molecular weight is 433 g/mol. The second-order valence-corrected chi connectivity index (χ2v) is 8.47. The maximum atomic E-state index is 14.2. The normalized spacial score (nSPS) is 25.7. The van der Waals surface area contributed by atoms with E-state index in [-0.39, 0.29) is 41.2 Å². The van der Waals surface area contributed by atoms with Gasteiger partial charge in [0.2, 0.25) is 0 Å². The molecule has 3 rings (SSSR count). The van der Waals surface area contributed by atoms with Crippen LogP contribution in [0.5, 0.6) is 0 Å². The maximum absolute atomic E-state index is 14.2. The van der Waals surface area contributed by atoms with Gasteiger partial charge in [-0.2, -0.15) is 0 Å². The van der Waals surface area contributed by atoms with Crippen molar-refractivity contribution in [1.29, 1.82) is 10.8 Å². The van der Waals surface area contributed by atoms with Crippen LogP contribution in [0.3, 0.4) is 0 Å². The van der Waals surface area contributed by atoms with Crippen molar-refractivity contribution in [3.05, 3.63) is 47.0 Å². The van der Waals surface area contributed by atoms with Crippen LogP contribution in [0.1, 0.15) is 32.3 Å². The first-order valence-electron chi connectivity index (χ1n) is 10.7. The van der Waals surface area contributed by atoms with Gasteiger partial charge in [-0.1, -0.05) is 19.9 Å². The molecule has 0 bridgehead atoms. The zero-order chi connectivity index (χ0) is 22.7. The Hall–Kier alpha value is -2.61. The number of ether oxygens (including phenoxy) is 1. The van der Waals surface area contributed by atoms with Gasteiger partial charge in [0.1, 0.15) is 11.6 Å². The van der Waals surface area contributed by atoms with E-state index in [0.29, 0.717) is 31.0 Å². The van der Waals surface area contributed by atoms with Crippen LogP contribution in [0.2, 0.25) is 0 Å². The Labute approximate surface area is 181 Å². The van der Waals surface area contributed by atoms with Gasteiger partial charge in [-0.3, -0.25) is 0 Å². The number of morpholine rings is 1. The number of nitrogens with zero attached hydrogens (tertiary/aromatic N) is 1. The first-order valence-corrected chi connectivity index (χ1v) is 10.7. The fraction of sp³-hybridized carbons (Fsp3) is 0.522. The topological polar surface area (TPSA) is 89.3 Å². The molecule has 2 fully saturated rings. The molecule has 8 heteroatoms. The predicted molar refractivity (Wildman–Crippen MR) is 116 cm³/mol. The van der Waals surface area contributed by atoms with Crippen molar-refractivity contribution in [2.24, 2.45) is 17.8 Å². The lowest BCUT2D eigenvalue weighted by Crippen LogP contribution is -2.53. The minimum Gasteiger partial charge on any atom is -0.374 e. The van der Waals surface area contributed by atoms with Crippen LogP contribution in [0.4, 0.5) is 13.6 Å². The summed E-state index contributed by atoms with van der Waals surface area (Å²) in [6, 6.07) is 3.35. The van der Waals surface area contributed by atoms with E-state index in [9.17, 15) is 13.6 Å². The summed E-state index contributed by atoms with van der Waals surface area (Å²) in [4.78, 5) is 13.7. The maximum Gasteiger partial charge on any atom is 0.317 e. The number of urea groups is 1. The third kappa shape index (κ3) is 4.84. The Morgan fingerprint density at radius 2 is 1.97 bits per heavy atom. The molecular weight excluding hydrogens is 402 g/mol. The van der Waals surface area contributed by atoms with Gasteiger partial charge in [-0.25, -0.2) is 13.6 Å². The van der Waals surface area contributed by atoms with Crippen LogP contribution >= 0.6 is 0 Å². The van der Waals surface area contributed by atoms with Gasteiger partial charge < -0.3 is 25.8 Å². The second kappa shape index (κ2) is 9.68. The lowest BCUT2D eigenvalue weighted by atomic mass is 9.70. The molecule has 0 spiro atoms. The molecule has 2 amide bonds. The minimum atomic E-state index is -0.793. The number of allylic oxidation sites excluding steroid dienone is 2.